The van der Waals surface area contributed by atoms with Crippen molar-refractivity contribution < 1.29 is 9.53 Å². The second-order valence-electron chi connectivity index (χ2n) is 3.29. The number of pyridine rings is 1. The van der Waals surface area contributed by atoms with E-state index in [1.54, 1.807) is 17.5 Å². The summed E-state index contributed by atoms with van der Waals surface area (Å²) < 4.78 is 6.66. The lowest BCUT2D eigenvalue weighted by Gasteiger charge is -2.02. The summed E-state index contributed by atoms with van der Waals surface area (Å²) in [6, 6.07) is 5.51. The van der Waals surface area contributed by atoms with Gasteiger partial charge >= 0.3 is 5.97 Å². The molecule has 0 unspecified atom stereocenters. The van der Waals surface area contributed by atoms with E-state index in [-0.39, 0.29) is 0 Å². The first-order valence-corrected chi connectivity index (χ1v) is 5.36. The fourth-order valence-electron chi connectivity index (χ4n) is 1.62. The van der Waals surface area contributed by atoms with E-state index >= 15 is 0 Å². The Hall–Kier alpha value is -1.62. The van der Waals surface area contributed by atoms with Gasteiger partial charge in [-0.3, -0.25) is 0 Å². The van der Waals surface area contributed by atoms with Crippen molar-refractivity contribution in [2.24, 2.45) is 0 Å². The summed E-state index contributed by atoms with van der Waals surface area (Å²) in [5, 5.41) is 0. The highest BCUT2D eigenvalue weighted by atomic mass is 32.1. The predicted octanol–water partition coefficient (Wildman–Crippen LogP) is 1.99. The monoisotopic (exact) mass is 236 g/mol. The molecule has 0 aliphatic carbocycles. The number of esters is 1. The third-order valence-corrected chi connectivity index (χ3v) is 2.78. The van der Waals surface area contributed by atoms with Gasteiger partial charge in [0.2, 0.25) is 0 Å². The number of carbonyl (C=O) groups is 1. The molecular formula is C11H12N2O2S. The molecule has 0 aliphatic heterocycles. The lowest BCUT2D eigenvalue weighted by atomic mass is 10.3. The Morgan fingerprint density at radius 1 is 1.56 bits per heavy atom. The minimum absolute atomic E-state index is 0.325. The molecule has 0 amide bonds. The van der Waals surface area contributed by atoms with Gasteiger partial charge in [0.05, 0.1) is 22.7 Å². The SMILES string of the molecule is CCOC(=O)c1c(S)c(N)c2ccccn12. The number of fused-ring (bicyclic) bond motifs is 1. The third-order valence-electron chi connectivity index (χ3n) is 2.32. The van der Waals surface area contributed by atoms with Crippen molar-refractivity contribution >= 4 is 29.8 Å². The zero-order valence-electron chi connectivity index (χ0n) is 8.80. The lowest BCUT2D eigenvalue weighted by Crippen LogP contribution is -2.08. The molecule has 4 nitrogen and oxygen atoms in total. The highest BCUT2D eigenvalue weighted by Gasteiger charge is 2.20. The van der Waals surface area contributed by atoms with Crippen molar-refractivity contribution in [3.8, 4) is 0 Å². The van der Waals surface area contributed by atoms with Crippen LogP contribution >= 0.6 is 12.6 Å². The summed E-state index contributed by atoms with van der Waals surface area (Å²) >= 11 is 4.26. The minimum atomic E-state index is -0.412. The van der Waals surface area contributed by atoms with Gasteiger partial charge in [0.1, 0.15) is 5.69 Å². The average Bonchev–Trinajstić information content (AvgIpc) is 2.53. The summed E-state index contributed by atoms with van der Waals surface area (Å²) in [4.78, 5) is 12.2. The Morgan fingerprint density at radius 3 is 3.00 bits per heavy atom. The van der Waals surface area contributed by atoms with Crippen LogP contribution in [-0.4, -0.2) is 17.0 Å². The molecule has 0 aliphatic rings. The Bertz CT molecular complexity index is 548. The maximum absolute atomic E-state index is 11.7. The molecule has 2 aromatic rings. The zero-order chi connectivity index (χ0) is 11.7. The first-order chi connectivity index (χ1) is 7.66. The van der Waals surface area contributed by atoms with Crippen molar-refractivity contribution in [1.29, 1.82) is 0 Å². The van der Waals surface area contributed by atoms with E-state index in [1.807, 2.05) is 18.2 Å². The smallest absolute Gasteiger partial charge is 0.356 e. The number of nitrogen functional groups attached to an aromatic ring is 1. The van der Waals surface area contributed by atoms with Crippen LogP contribution in [0.5, 0.6) is 0 Å². The number of hydrogen-bond donors (Lipinski definition) is 2. The zero-order valence-corrected chi connectivity index (χ0v) is 9.70. The van der Waals surface area contributed by atoms with Gasteiger partial charge in [-0.1, -0.05) is 6.07 Å². The topological polar surface area (TPSA) is 56.7 Å². The largest absolute Gasteiger partial charge is 0.461 e. The van der Waals surface area contributed by atoms with Gasteiger partial charge in [0, 0.05) is 6.20 Å². The second kappa shape index (κ2) is 4.09. The summed E-state index contributed by atoms with van der Waals surface area (Å²) in [5.74, 6) is -0.412. The Labute approximate surface area is 98.4 Å². The molecule has 0 aromatic carbocycles. The number of ether oxygens (including phenoxy) is 1. The van der Waals surface area contributed by atoms with Gasteiger partial charge < -0.3 is 14.9 Å². The first kappa shape index (κ1) is 10.9. The van der Waals surface area contributed by atoms with E-state index < -0.39 is 5.97 Å². The van der Waals surface area contributed by atoms with Crippen LogP contribution in [0.4, 0.5) is 5.69 Å². The molecule has 0 bridgehead atoms. The quantitative estimate of drug-likeness (QED) is 0.619. The molecule has 0 fully saturated rings. The Balaban J connectivity index is 2.68. The van der Waals surface area contributed by atoms with Crippen LogP contribution in [0.25, 0.3) is 5.52 Å². The second-order valence-corrected chi connectivity index (χ2v) is 3.73. The van der Waals surface area contributed by atoms with Gasteiger partial charge in [-0.15, -0.1) is 12.6 Å². The molecule has 0 saturated carbocycles. The fourth-order valence-corrected chi connectivity index (χ4v) is 1.93. The highest BCUT2D eigenvalue weighted by molar-refractivity contribution is 7.80. The van der Waals surface area contributed by atoms with Gasteiger partial charge in [-0.2, -0.15) is 0 Å². The van der Waals surface area contributed by atoms with Crippen molar-refractivity contribution in [3.63, 3.8) is 0 Å². The van der Waals surface area contributed by atoms with E-state index in [1.165, 1.54) is 0 Å². The Morgan fingerprint density at radius 2 is 2.31 bits per heavy atom. The van der Waals surface area contributed by atoms with Crippen molar-refractivity contribution in [2.45, 2.75) is 11.8 Å². The van der Waals surface area contributed by atoms with E-state index in [2.05, 4.69) is 12.6 Å². The molecular weight excluding hydrogens is 224 g/mol. The number of thiol groups is 1. The molecule has 0 atom stereocenters. The normalized spacial score (nSPS) is 10.6. The van der Waals surface area contributed by atoms with Gasteiger partial charge in [-0.05, 0) is 19.1 Å². The molecule has 0 radical (unpaired) electrons. The summed E-state index contributed by atoms with van der Waals surface area (Å²) in [5.41, 5.74) is 7.49. The van der Waals surface area contributed by atoms with E-state index in [0.29, 0.717) is 22.9 Å². The molecule has 2 heterocycles. The fraction of sp³-hybridized carbons (Fsp3) is 0.182. The van der Waals surface area contributed by atoms with Crippen molar-refractivity contribution in [1.82, 2.24) is 4.40 Å². The number of rotatable bonds is 2. The van der Waals surface area contributed by atoms with Crippen LogP contribution < -0.4 is 5.73 Å². The van der Waals surface area contributed by atoms with E-state index in [9.17, 15) is 4.79 Å². The number of aromatic nitrogens is 1. The number of carbonyl (C=O) groups excluding carboxylic acids is 1. The lowest BCUT2D eigenvalue weighted by molar-refractivity contribution is 0.0514. The van der Waals surface area contributed by atoms with Gasteiger partial charge in [0.25, 0.3) is 0 Å². The van der Waals surface area contributed by atoms with Crippen LogP contribution in [0.3, 0.4) is 0 Å². The van der Waals surface area contributed by atoms with Crippen molar-refractivity contribution in [2.75, 3.05) is 12.3 Å². The molecule has 2 rings (SSSR count). The van der Waals surface area contributed by atoms with Crippen LogP contribution in [0.1, 0.15) is 17.4 Å². The summed E-state index contributed by atoms with van der Waals surface area (Å²) in [6.07, 6.45) is 1.76. The molecule has 16 heavy (non-hydrogen) atoms. The van der Waals surface area contributed by atoms with Crippen LogP contribution in [0, 0.1) is 0 Å². The molecule has 2 aromatic heterocycles. The predicted molar refractivity (Wildman–Crippen MR) is 65.0 cm³/mol. The first-order valence-electron chi connectivity index (χ1n) is 4.91. The minimum Gasteiger partial charge on any atom is -0.461 e. The number of nitrogens with two attached hydrogens (primary N) is 1. The standard InChI is InChI=1S/C11H12N2O2S/c1-2-15-11(14)9-10(16)8(12)7-5-3-4-6-13(7)9/h3-6,16H,2,12H2,1H3. The summed E-state index contributed by atoms with van der Waals surface area (Å²) in [7, 11) is 0. The third kappa shape index (κ3) is 1.53. The Kier molecular flexibility index (Phi) is 2.78. The molecule has 84 valence electrons. The van der Waals surface area contributed by atoms with Crippen LogP contribution in [-0.2, 0) is 4.74 Å². The van der Waals surface area contributed by atoms with Crippen LogP contribution in [0.2, 0.25) is 0 Å². The number of hydrogen-bond acceptors (Lipinski definition) is 4. The number of anilines is 1. The van der Waals surface area contributed by atoms with E-state index in [0.717, 1.165) is 5.52 Å². The summed E-state index contributed by atoms with van der Waals surface area (Å²) in [6.45, 7) is 2.08. The molecule has 0 spiro atoms. The maximum atomic E-state index is 11.7. The average molecular weight is 236 g/mol. The maximum Gasteiger partial charge on any atom is 0.356 e. The van der Waals surface area contributed by atoms with Gasteiger partial charge in [-0.25, -0.2) is 4.79 Å². The molecule has 5 heteroatoms. The van der Waals surface area contributed by atoms with Crippen LogP contribution in [0.15, 0.2) is 29.3 Å². The molecule has 2 N–H and O–H groups in total. The highest BCUT2D eigenvalue weighted by Crippen LogP contribution is 2.29. The van der Waals surface area contributed by atoms with Crippen molar-refractivity contribution in [3.05, 3.63) is 30.1 Å². The molecule has 0 saturated heterocycles. The van der Waals surface area contributed by atoms with Gasteiger partial charge in [0.15, 0.2) is 0 Å². The number of nitrogens with zero attached hydrogens (tertiary/aromatic N) is 1. The van der Waals surface area contributed by atoms with E-state index in [4.69, 9.17) is 10.5 Å².